The summed E-state index contributed by atoms with van der Waals surface area (Å²) in [5.74, 6) is 1.66. The second kappa shape index (κ2) is 18.1. The van der Waals surface area contributed by atoms with Gasteiger partial charge in [0.05, 0.1) is 43.0 Å². The molecule has 0 saturated carbocycles. The summed E-state index contributed by atoms with van der Waals surface area (Å²) in [7, 11) is -2.00. The Balaban J connectivity index is 0.00000481. The van der Waals surface area contributed by atoms with Gasteiger partial charge in [-0.2, -0.15) is 0 Å². The van der Waals surface area contributed by atoms with E-state index >= 15 is 0 Å². The maximum atomic E-state index is 12.6. The number of benzene rings is 5. The highest BCUT2D eigenvalue weighted by molar-refractivity contribution is 7.95. The maximum absolute atomic E-state index is 12.6. The number of hydrogen-bond donors (Lipinski definition) is 0. The zero-order valence-corrected chi connectivity index (χ0v) is 31.9. The minimum atomic E-state index is -2.00. The van der Waals surface area contributed by atoms with Crippen molar-refractivity contribution >= 4 is 51.3 Å². The molecule has 0 N–H and O–H groups in total. The van der Waals surface area contributed by atoms with Gasteiger partial charge in [0.1, 0.15) is 51.6 Å². The van der Waals surface area contributed by atoms with E-state index in [-0.39, 0.29) is 30.6 Å². The quantitative estimate of drug-likeness (QED) is 0.0325. The number of carbonyl (C=O) groups excluding carboxylic acids is 1. The molecule has 5 aromatic carbocycles. The van der Waals surface area contributed by atoms with E-state index in [4.69, 9.17) is 27.8 Å². The molecule has 0 atom stereocenters. The number of ether oxygens (including phenoxy) is 4. The van der Waals surface area contributed by atoms with Crippen LogP contribution in [0.2, 0.25) is 0 Å². The van der Waals surface area contributed by atoms with Gasteiger partial charge in [0.2, 0.25) is 0 Å². The van der Waals surface area contributed by atoms with Gasteiger partial charge in [-0.3, -0.25) is 0 Å². The average Bonchev–Trinajstić information content (AvgIpc) is 3.66. The molecule has 0 saturated heterocycles. The zero-order valence-electron chi connectivity index (χ0n) is 28.9. The molecule has 0 bridgehead atoms. The van der Waals surface area contributed by atoms with Gasteiger partial charge in [0.15, 0.2) is 0 Å². The van der Waals surface area contributed by atoms with E-state index in [0.29, 0.717) is 53.4 Å². The summed E-state index contributed by atoms with van der Waals surface area (Å²) >= 11 is 0. The summed E-state index contributed by atoms with van der Waals surface area (Å²) < 4.78 is 33.9. The second-order valence-corrected chi connectivity index (χ2v) is 15.8. The predicted molar refractivity (Wildman–Crippen MR) is 206 cm³/mol. The van der Waals surface area contributed by atoms with E-state index in [0.717, 1.165) is 24.4 Å². The van der Waals surface area contributed by atoms with Crippen molar-refractivity contribution in [2.45, 2.75) is 19.3 Å². The van der Waals surface area contributed by atoms with Crippen LogP contribution in [-0.4, -0.2) is 32.1 Å². The second-order valence-electron chi connectivity index (χ2n) is 12.2. The van der Waals surface area contributed by atoms with E-state index < -0.39 is 19.0 Å². The van der Waals surface area contributed by atoms with Crippen molar-refractivity contribution in [2.24, 2.45) is 0 Å². The van der Waals surface area contributed by atoms with Crippen molar-refractivity contribution < 1.29 is 56.6 Å². The highest BCUT2D eigenvalue weighted by Gasteiger charge is 2.44. The minimum absolute atomic E-state index is 0. The monoisotopic (exact) mass is 840 g/mol. The number of hydrogen-bond acceptors (Lipinski definition) is 8. The molecule has 7 aromatic rings. The first-order valence-corrected chi connectivity index (χ1v) is 19.3. The van der Waals surface area contributed by atoms with Crippen LogP contribution >= 0.6 is 7.26 Å². The molecule has 0 aliphatic carbocycles. The molecule has 53 heavy (non-hydrogen) atoms. The van der Waals surface area contributed by atoms with E-state index in [1.54, 1.807) is 42.7 Å². The Bertz CT molecular complexity index is 2180. The van der Waals surface area contributed by atoms with Crippen LogP contribution in [-0.2, 0) is 4.74 Å². The van der Waals surface area contributed by atoms with E-state index in [9.17, 15) is 9.59 Å². The van der Waals surface area contributed by atoms with Gasteiger partial charge in [-0.1, -0.05) is 54.6 Å². The number of rotatable bonds is 15. The number of halogens is 1. The molecule has 2 heterocycles. The minimum Gasteiger partial charge on any atom is -1.00 e. The molecule has 8 nitrogen and oxygen atoms in total. The molecular weight excluding hydrogens is 802 g/mol. The summed E-state index contributed by atoms with van der Waals surface area (Å²) in [5.41, 5.74) is 0.583. The molecular formula is C43H38IO8P. The Labute approximate surface area is 325 Å². The molecule has 270 valence electrons. The fourth-order valence-electron chi connectivity index (χ4n) is 6.40. The molecule has 2 aromatic heterocycles. The molecule has 10 heteroatoms. The van der Waals surface area contributed by atoms with E-state index in [1.807, 2.05) is 24.3 Å². The van der Waals surface area contributed by atoms with Gasteiger partial charge in [0.25, 0.3) is 0 Å². The van der Waals surface area contributed by atoms with Gasteiger partial charge in [-0.15, -0.1) is 0 Å². The van der Waals surface area contributed by atoms with Crippen LogP contribution in [0.5, 0.6) is 17.2 Å². The molecule has 0 radical (unpaired) electrons. The Morgan fingerprint density at radius 2 is 1.15 bits per heavy atom. The maximum Gasteiger partial charge on any atom is 0.513 e. The average molecular weight is 841 g/mol. The lowest BCUT2D eigenvalue weighted by atomic mass is 10.1. The molecule has 0 aliphatic heterocycles. The fourth-order valence-corrected chi connectivity index (χ4v) is 10.7. The van der Waals surface area contributed by atoms with Crippen molar-refractivity contribution in [3.05, 3.63) is 156 Å². The van der Waals surface area contributed by atoms with Gasteiger partial charge >= 0.3 is 11.8 Å². The molecule has 0 amide bonds. The third-order valence-corrected chi connectivity index (χ3v) is 13.4. The highest BCUT2D eigenvalue weighted by Crippen LogP contribution is 2.55. The van der Waals surface area contributed by atoms with Crippen molar-refractivity contribution in [2.75, 3.05) is 26.0 Å². The van der Waals surface area contributed by atoms with Crippen molar-refractivity contribution in [3.63, 3.8) is 0 Å². The third-order valence-electron chi connectivity index (χ3n) is 8.84. The smallest absolute Gasteiger partial charge is 0.513 e. The van der Waals surface area contributed by atoms with Gasteiger partial charge in [0, 0.05) is 18.6 Å². The number of unbranched alkanes of at least 4 members (excludes halogenated alkanes) is 1. The Morgan fingerprint density at radius 1 is 0.585 bits per heavy atom. The summed E-state index contributed by atoms with van der Waals surface area (Å²) in [6.45, 7) is 1.17. The lowest BCUT2D eigenvalue weighted by molar-refractivity contribution is -0.0000224. The summed E-state index contributed by atoms with van der Waals surface area (Å²) in [6.07, 6.45) is 3.85. The van der Waals surface area contributed by atoms with Crippen molar-refractivity contribution in [1.29, 1.82) is 0 Å². The van der Waals surface area contributed by atoms with Crippen LogP contribution < -0.4 is 59.7 Å². The first kappa shape index (κ1) is 37.6. The Morgan fingerprint density at radius 3 is 1.77 bits per heavy atom. The predicted octanol–water partition coefficient (Wildman–Crippen LogP) is 5.68. The fraction of sp³-hybridized carbons (Fsp3) is 0.163. The molecule has 7 rings (SSSR count). The van der Waals surface area contributed by atoms with E-state index in [2.05, 4.69) is 72.8 Å². The summed E-state index contributed by atoms with van der Waals surface area (Å²) in [4.78, 5) is 24.3. The van der Waals surface area contributed by atoms with Gasteiger partial charge in [-0.25, -0.2) is 9.59 Å². The van der Waals surface area contributed by atoms with Crippen LogP contribution in [0.1, 0.15) is 19.3 Å². The van der Waals surface area contributed by atoms with Gasteiger partial charge in [-0.05, 0) is 85.6 Å². The molecule has 0 spiro atoms. The molecule has 0 aliphatic rings. The van der Waals surface area contributed by atoms with Crippen LogP contribution in [0, 0.1) is 0 Å². The number of furan rings is 1. The van der Waals surface area contributed by atoms with Crippen LogP contribution in [0.3, 0.4) is 0 Å². The number of fused-ring (bicyclic) bond motifs is 2. The molecule has 0 fully saturated rings. The standard InChI is InChI=1S/C43H38O8P.HI/c44-41-24-23-37-40(51-41)31-39-38(25-29-47-39)42(37)48-27-11-10-26-46-32-19-21-33(22-20-32)50-43(45)49-28-12-30-52(34-13-4-1-5-14-34,35-15-6-2-7-16-35)36-17-8-3-9-18-36;/h1-9,13-25,29,31H,10-12,26-28,30H2;1H/q+1;/p-1. The SMILES string of the molecule is O=C(OCCC[P+](c1ccccc1)(c1ccccc1)c1ccccc1)Oc1ccc(OCCCCOc2c3ccoc3cc3oc(=O)ccc23)cc1.[I-]. The van der Waals surface area contributed by atoms with Crippen molar-refractivity contribution in [3.8, 4) is 17.2 Å². The largest absolute Gasteiger partial charge is 1.00 e. The lowest BCUT2D eigenvalue weighted by Crippen LogP contribution is -3.00. The van der Waals surface area contributed by atoms with Crippen LogP contribution in [0.4, 0.5) is 4.79 Å². The summed E-state index contributed by atoms with van der Waals surface area (Å²) in [6, 6.07) is 45.4. The van der Waals surface area contributed by atoms with Crippen LogP contribution in [0.15, 0.2) is 159 Å². The molecule has 0 unspecified atom stereocenters. The normalized spacial score (nSPS) is 11.2. The number of carbonyl (C=O) groups is 1. The van der Waals surface area contributed by atoms with Crippen molar-refractivity contribution in [1.82, 2.24) is 0 Å². The lowest BCUT2D eigenvalue weighted by Gasteiger charge is -2.27. The van der Waals surface area contributed by atoms with Gasteiger partial charge < -0.3 is 51.8 Å². The highest BCUT2D eigenvalue weighted by atomic mass is 127. The van der Waals surface area contributed by atoms with E-state index in [1.165, 1.54) is 22.0 Å². The first-order valence-electron chi connectivity index (χ1n) is 17.3. The topological polar surface area (TPSA) is 97.3 Å². The third kappa shape index (κ3) is 8.92. The Kier molecular flexibility index (Phi) is 12.8. The Hall–Kier alpha value is -5.12. The zero-order chi connectivity index (χ0) is 35.6. The summed E-state index contributed by atoms with van der Waals surface area (Å²) in [5, 5.41) is 5.41. The van der Waals surface area contributed by atoms with Crippen LogP contribution in [0.25, 0.3) is 21.9 Å². The first-order chi connectivity index (χ1) is 25.6.